The van der Waals surface area contributed by atoms with E-state index in [4.69, 9.17) is 4.99 Å². The predicted molar refractivity (Wildman–Crippen MR) is 94.3 cm³/mol. The zero-order valence-corrected chi connectivity index (χ0v) is 13.4. The minimum atomic E-state index is 0.748. The van der Waals surface area contributed by atoms with E-state index in [1.54, 1.807) is 11.3 Å². The standard InChI is InChI=1S/C19H18N2S/c1-3-13-21-18(16-10-5-4-6-11-16)14-22-19(21)20-17-12-8-7-9-15(17)2/h3-12,14H,1,13H2,2H3. The first-order valence-corrected chi connectivity index (χ1v) is 8.12. The molecule has 0 aliphatic rings. The number of aryl methyl sites for hydroxylation is 1. The number of para-hydroxylation sites is 1. The van der Waals surface area contributed by atoms with E-state index in [0.717, 1.165) is 17.0 Å². The Balaban J connectivity index is 2.16. The number of thiazole rings is 1. The molecule has 0 aliphatic heterocycles. The molecule has 0 saturated carbocycles. The summed E-state index contributed by atoms with van der Waals surface area (Å²) >= 11 is 1.66. The molecule has 0 saturated heterocycles. The second-order valence-corrected chi connectivity index (χ2v) is 5.90. The van der Waals surface area contributed by atoms with E-state index in [9.17, 15) is 0 Å². The molecule has 0 radical (unpaired) electrons. The summed E-state index contributed by atoms with van der Waals surface area (Å²) in [6, 6.07) is 18.6. The first-order chi connectivity index (χ1) is 10.8. The Labute approximate surface area is 134 Å². The highest BCUT2D eigenvalue weighted by Gasteiger charge is 2.07. The van der Waals surface area contributed by atoms with Crippen molar-refractivity contribution in [2.45, 2.75) is 13.5 Å². The first kappa shape index (κ1) is 14.5. The molecule has 0 fully saturated rings. The number of hydrogen-bond acceptors (Lipinski definition) is 2. The minimum absolute atomic E-state index is 0.748. The fourth-order valence-electron chi connectivity index (χ4n) is 2.36. The normalized spacial score (nSPS) is 11.6. The monoisotopic (exact) mass is 306 g/mol. The quantitative estimate of drug-likeness (QED) is 0.607. The van der Waals surface area contributed by atoms with Gasteiger partial charge in [0.1, 0.15) is 0 Å². The third kappa shape index (κ3) is 2.95. The van der Waals surface area contributed by atoms with Crippen molar-refractivity contribution >= 4 is 17.0 Å². The molecule has 0 bridgehead atoms. The third-order valence-electron chi connectivity index (χ3n) is 3.51. The summed E-state index contributed by atoms with van der Waals surface area (Å²) in [5.41, 5.74) is 4.58. The van der Waals surface area contributed by atoms with Crippen LogP contribution in [0.15, 0.2) is 77.6 Å². The molecule has 1 heterocycles. The lowest BCUT2D eigenvalue weighted by atomic mass is 10.2. The van der Waals surface area contributed by atoms with Crippen molar-refractivity contribution in [2.24, 2.45) is 4.99 Å². The number of nitrogens with zero attached hydrogens (tertiary/aromatic N) is 2. The number of hydrogen-bond donors (Lipinski definition) is 0. The fraction of sp³-hybridized carbons (Fsp3) is 0.105. The van der Waals surface area contributed by atoms with Crippen molar-refractivity contribution < 1.29 is 0 Å². The van der Waals surface area contributed by atoms with Crippen molar-refractivity contribution in [3.8, 4) is 11.3 Å². The topological polar surface area (TPSA) is 17.3 Å². The number of allylic oxidation sites excluding steroid dienone is 1. The smallest absolute Gasteiger partial charge is 0.190 e. The Bertz CT molecular complexity index is 841. The van der Waals surface area contributed by atoms with E-state index in [-0.39, 0.29) is 0 Å². The molecule has 22 heavy (non-hydrogen) atoms. The van der Waals surface area contributed by atoms with Gasteiger partial charge in [0.2, 0.25) is 0 Å². The minimum Gasteiger partial charge on any atom is -0.313 e. The van der Waals surface area contributed by atoms with Gasteiger partial charge in [0, 0.05) is 11.9 Å². The number of rotatable bonds is 4. The van der Waals surface area contributed by atoms with Crippen LogP contribution in [-0.4, -0.2) is 4.57 Å². The van der Waals surface area contributed by atoms with Gasteiger partial charge in [-0.1, -0.05) is 54.6 Å². The van der Waals surface area contributed by atoms with Crippen LogP contribution >= 0.6 is 11.3 Å². The van der Waals surface area contributed by atoms with Crippen LogP contribution in [0.1, 0.15) is 5.56 Å². The molecule has 2 aromatic carbocycles. The van der Waals surface area contributed by atoms with Crippen molar-refractivity contribution in [3.63, 3.8) is 0 Å². The lowest BCUT2D eigenvalue weighted by Gasteiger charge is -2.06. The Morgan fingerprint density at radius 3 is 2.55 bits per heavy atom. The highest BCUT2D eigenvalue weighted by molar-refractivity contribution is 7.07. The highest BCUT2D eigenvalue weighted by atomic mass is 32.1. The van der Waals surface area contributed by atoms with Crippen molar-refractivity contribution in [1.29, 1.82) is 0 Å². The van der Waals surface area contributed by atoms with E-state index < -0.39 is 0 Å². The fourth-order valence-corrected chi connectivity index (χ4v) is 3.29. The molecule has 0 aliphatic carbocycles. The van der Waals surface area contributed by atoms with E-state index in [0.29, 0.717) is 0 Å². The molecular weight excluding hydrogens is 288 g/mol. The second kappa shape index (κ2) is 6.58. The zero-order valence-electron chi connectivity index (χ0n) is 12.6. The Morgan fingerprint density at radius 1 is 1.09 bits per heavy atom. The summed E-state index contributed by atoms with van der Waals surface area (Å²) < 4.78 is 2.21. The zero-order chi connectivity index (χ0) is 15.4. The third-order valence-corrected chi connectivity index (χ3v) is 4.37. The van der Waals surface area contributed by atoms with Crippen LogP contribution < -0.4 is 4.80 Å². The van der Waals surface area contributed by atoms with Gasteiger partial charge in [-0.15, -0.1) is 17.9 Å². The Morgan fingerprint density at radius 2 is 1.82 bits per heavy atom. The molecule has 0 atom stereocenters. The van der Waals surface area contributed by atoms with Gasteiger partial charge < -0.3 is 4.57 Å². The predicted octanol–water partition coefficient (Wildman–Crippen LogP) is 4.94. The van der Waals surface area contributed by atoms with Crippen LogP contribution in [-0.2, 0) is 6.54 Å². The van der Waals surface area contributed by atoms with Gasteiger partial charge in [0.05, 0.1) is 11.4 Å². The van der Waals surface area contributed by atoms with E-state index in [1.807, 2.05) is 24.3 Å². The summed E-state index contributed by atoms with van der Waals surface area (Å²) in [4.78, 5) is 5.83. The Kier molecular flexibility index (Phi) is 4.35. The van der Waals surface area contributed by atoms with Crippen LogP contribution in [0.5, 0.6) is 0 Å². The molecule has 0 N–H and O–H groups in total. The molecule has 2 nitrogen and oxygen atoms in total. The molecule has 110 valence electrons. The van der Waals surface area contributed by atoms with Gasteiger partial charge in [-0.05, 0) is 24.1 Å². The number of benzene rings is 2. The van der Waals surface area contributed by atoms with Crippen molar-refractivity contribution in [3.05, 3.63) is 83.0 Å². The average molecular weight is 306 g/mol. The number of aromatic nitrogens is 1. The summed E-state index contributed by atoms with van der Waals surface area (Å²) in [5, 5.41) is 2.16. The summed E-state index contributed by atoms with van der Waals surface area (Å²) in [5.74, 6) is 0. The molecule has 1 aromatic heterocycles. The van der Waals surface area contributed by atoms with Gasteiger partial charge in [-0.25, -0.2) is 4.99 Å². The van der Waals surface area contributed by atoms with E-state index in [2.05, 4.69) is 59.8 Å². The SMILES string of the molecule is C=CCn1c(-c2ccccc2)csc1=Nc1ccccc1C. The summed E-state index contributed by atoms with van der Waals surface area (Å²) in [6.45, 7) is 6.71. The second-order valence-electron chi connectivity index (χ2n) is 5.07. The average Bonchev–Trinajstić information content (AvgIpc) is 2.94. The van der Waals surface area contributed by atoms with Crippen molar-refractivity contribution in [2.75, 3.05) is 0 Å². The van der Waals surface area contributed by atoms with Gasteiger partial charge in [0.25, 0.3) is 0 Å². The molecule has 3 rings (SSSR count). The summed E-state index contributed by atoms with van der Waals surface area (Å²) in [7, 11) is 0. The molecule has 3 aromatic rings. The maximum absolute atomic E-state index is 4.84. The van der Waals surface area contributed by atoms with Gasteiger partial charge in [-0.2, -0.15) is 0 Å². The lowest BCUT2D eigenvalue weighted by molar-refractivity contribution is 0.800. The summed E-state index contributed by atoms with van der Waals surface area (Å²) in [6.07, 6.45) is 1.91. The van der Waals surface area contributed by atoms with Gasteiger partial charge in [-0.3, -0.25) is 0 Å². The lowest BCUT2D eigenvalue weighted by Crippen LogP contribution is -2.14. The van der Waals surface area contributed by atoms with Crippen molar-refractivity contribution in [1.82, 2.24) is 4.57 Å². The Hall–Kier alpha value is -2.39. The van der Waals surface area contributed by atoms with Gasteiger partial charge >= 0.3 is 0 Å². The van der Waals surface area contributed by atoms with Crippen LogP contribution in [0.4, 0.5) is 5.69 Å². The largest absolute Gasteiger partial charge is 0.313 e. The molecule has 0 spiro atoms. The molecular formula is C19H18N2S. The van der Waals surface area contributed by atoms with Crippen LogP contribution in [0.3, 0.4) is 0 Å². The molecule has 0 unspecified atom stereocenters. The maximum Gasteiger partial charge on any atom is 0.190 e. The van der Waals surface area contributed by atoms with Crippen LogP contribution in [0, 0.1) is 6.92 Å². The van der Waals surface area contributed by atoms with E-state index in [1.165, 1.54) is 16.8 Å². The highest BCUT2D eigenvalue weighted by Crippen LogP contribution is 2.21. The first-order valence-electron chi connectivity index (χ1n) is 7.24. The molecule has 3 heteroatoms. The van der Waals surface area contributed by atoms with Gasteiger partial charge in [0.15, 0.2) is 4.80 Å². The maximum atomic E-state index is 4.84. The molecule has 0 amide bonds. The van der Waals surface area contributed by atoms with E-state index >= 15 is 0 Å². The van der Waals surface area contributed by atoms with Crippen LogP contribution in [0.2, 0.25) is 0 Å². The van der Waals surface area contributed by atoms with Crippen LogP contribution in [0.25, 0.3) is 11.3 Å².